The average Bonchev–Trinajstić information content (AvgIpc) is 2.35. The van der Waals surface area contributed by atoms with E-state index in [9.17, 15) is 4.79 Å². The van der Waals surface area contributed by atoms with E-state index in [1.807, 2.05) is 38.4 Å². The number of rotatable bonds is 3. The van der Waals surface area contributed by atoms with Crippen LogP contribution in [-0.2, 0) is 0 Å². The van der Waals surface area contributed by atoms with E-state index >= 15 is 0 Å². The molecule has 0 atom stereocenters. The highest BCUT2D eigenvalue weighted by Gasteiger charge is 2.08. The van der Waals surface area contributed by atoms with Crippen LogP contribution in [0.5, 0.6) is 0 Å². The van der Waals surface area contributed by atoms with E-state index in [2.05, 4.69) is 20.8 Å². The van der Waals surface area contributed by atoms with Gasteiger partial charge in [0, 0.05) is 19.5 Å². The molecule has 0 aliphatic carbocycles. The van der Waals surface area contributed by atoms with Gasteiger partial charge in [-0.2, -0.15) is 4.98 Å². The Balaban J connectivity index is 2.50. The zero-order valence-corrected chi connectivity index (χ0v) is 10.1. The van der Waals surface area contributed by atoms with Crippen LogP contribution in [0.4, 0.5) is 16.6 Å². The zero-order valence-electron chi connectivity index (χ0n) is 10.1. The average molecular weight is 246 g/mol. The van der Waals surface area contributed by atoms with Crippen LogP contribution in [0.3, 0.4) is 0 Å². The summed E-state index contributed by atoms with van der Waals surface area (Å²) in [5.74, 6) is 1.05. The normalized spacial score (nSPS) is 10.1. The third kappa shape index (κ3) is 2.40. The number of primary amides is 1. The van der Waals surface area contributed by atoms with Crippen molar-refractivity contribution in [3.05, 3.63) is 24.3 Å². The maximum atomic E-state index is 10.7. The second-order valence-corrected chi connectivity index (χ2v) is 3.90. The first kappa shape index (κ1) is 11.9. The number of carbonyl (C=O) groups excluding carboxylic acids is 1. The summed E-state index contributed by atoms with van der Waals surface area (Å²) in [6.45, 7) is 0. The third-order valence-corrected chi connectivity index (χ3v) is 2.30. The number of hydrogen-bond donors (Lipinski definition) is 3. The Bertz CT molecular complexity index is 583. The lowest BCUT2D eigenvalue weighted by atomic mass is 10.2. The summed E-state index contributed by atoms with van der Waals surface area (Å²) in [5.41, 5.74) is 10.8. The second kappa shape index (κ2) is 4.74. The van der Waals surface area contributed by atoms with E-state index in [1.54, 1.807) is 4.90 Å². The molecule has 0 aliphatic rings. The number of amides is 2. The number of hydrogen-bond acceptors (Lipinski definition) is 5. The molecule has 4 N–H and O–H groups in total. The first-order valence-corrected chi connectivity index (χ1v) is 5.33. The summed E-state index contributed by atoms with van der Waals surface area (Å²) >= 11 is 0. The van der Waals surface area contributed by atoms with Gasteiger partial charge in [0.05, 0.1) is 5.52 Å². The van der Waals surface area contributed by atoms with Gasteiger partial charge >= 0.3 is 6.03 Å². The predicted molar refractivity (Wildman–Crippen MR) is 70.2 cm³/mol. The van der Waals surface area contributed by atoms with Crippen LogP contribution in [0.1, 0.15) is 0 Å². The van der Waals surface area contributed by atoms with Crippen LogP contribution >= 0.6 is 0 Å². The van der Waals surface area contributed by atoms with Crippen LogP contribution in [0.2, 0.25) is 0 Å². The number of nitrogens with two attached hydrogens (primary N) is 1. The molecule has 1 aromatic carbocycles. The Morgan fingerprint density at radius 2 is 2.00 bits per heavy atom. The first-order chi connectivity index (χ1) is 8.58. The molecular weight excluding hydrogens is 232 g/mol. The van der Waals surface area contributed by atoms with Crippen LogP contribution in [-0.4, -0.2) is 30.1 Å². The molecule has 0 unspecified atom stereocenters. The number of para-hydroxylation sites is 1. The van der Waals surface area contributed by atoms with Gasteiger partial charge in [-0.1, -0.05) is 12.1 Å². The van der Waals surface area contributed by atoms with Gasteiger partial charge in [-0.3, -0.25) is 10.9 Å². The highest BCUT2D eigenvalue weighted by Crippen LogP contribution is 2.21. The van der Waals surface area contributed by atoms with Gasteiger partial charge in [0.15, 0.2) is 5.82 Å². The Morgan fingerprint density at radius 1 is 1.28 bits per heavy atom. The van der Waals surface area contributed by atoms with Crippen molar-refractivity contribution in [1.29, 1.82) is 0 Å². The van der Waals surface area contributed by atoms with E-state index in [1.165, 1.54) is 0 Å². The van der Waals surface area contributed by atoms with Crippen molar-refractivity contribution in [2.45, 2.75) is 0 Å². The number of hydrazine groups is 1. The van der Waals surface area contributed by atoms with Crippen molar-refractivity contribution in [1.82, 2.24) is 15.4 Å². The Kier molecular flexibility index (Phi) is 3.13. The molecule has 1 aromatic heterocycles. The number of nitrogens with one attached hydrogen (secondary N) is 2. The molecule has 0 bridgehead atoms. The quantitative estimate of drug-likeness (QED) is 0.692. The lowest BCUT2D eigenvalue weighted by Crippen LogP contribution is -2.34. The van der Waals surface area contributed by atoms with E-state index in [0.717, 1.165) is 10.9 Å². The standard InChI is InChI=1S/C11H14N6O/c1-17(2)11-13-8-6-4-3-5-7(8)9(14-11)15-16-10(12)18/h3-6H,1-2H3,(H3,12,16,18)(H,13,14,15). The van der Waals surface area contributed by atoms with Crippen molar-refractivity contribution in [2.24, 2.45) is 5.73 Å². The fourth-order valence-corrected chi connectivity index (χ4v) is 1.48. The number of anilines is 2. The van der Waals surface area contributed by atoms with Crippen LogP contribution < -0.4 is 21.5 Å². The molecular formula is C11H14N6O. The van der Waals surface area contributed by atoms with Crippen molar-refractivity contribution >= 4 is 28.7 Å². The molecule has 94 valence electrons. The van der Waals surface area contributed by atoms with Gasteiger partial charge < -0.3 is 10.6 Å². The Labute approximate surface area is 104 Å². The van der Waals surface area contributed by atoms with Crippen LogP contribution in [0, 0.1) is 0 Å². The topological polar surface area (TPSA) is 96.2 Å². The summed E-state index contributed by atoms with van der Waals surface area (Å²) in [6, 6.07) is 6.82. The number of carbonyl (C=O) groups is 1. The summed E-state index contributed by atoms with van der Waals surface area (Å²) < 4.78 is 0. The molecule has 2 aromatic rings. The third-order valence-electron chi connectivity index (χ3n) is 2.30. The zero-order chi connectivity index (χ0) is 13.1. The minimum Gasteiger partial charge on any atom is -0.350 e. The van der Waals surface area contributed by atoms with Gasteiger partial charge in [-0.05, 0) is 12.1 Å². The van der Waals surface area contributed by atoms with Crippen molar-refractivity contribution in [2.75, 3.05) is 24.4 Å². The van der Waals surface area contributed by atoms with Crippen molar-refractivity contribution in [3.63, 3.8) is 0 Å². The molecule has 1 heterocycles. The molecule has 0 radical (unpaired) electrons. The van der Waals surface area contributed by atoms with E-state index in [0.29, 0.717) is 11.8 Å². The van der Waals surface area contributed by atoms with Gasteiger partial charge in [0.25, 0.3) is 0 Å². The molecule has 7 nitrogen and oxygen atoms in total. The summed E-state index contributed by atoms with van der Waals surface area (Å²) in [6.07, 6.45) is 0. The molecule has 0 saturated carbocycles. The Morgan fingerprint density at radius 3 is 2.67 bits per heavy atom. The lowest BCUT2D eigenvalue weighted by Gasteiger charge is -2.14. The number of fused-ring (bicyclic) bond motifs is 1. The molecule has 7 heteroatoms. The highest BCUT2D eigenvalue weighted by molar-refractivity contribution is 5.90. The predicted octanol–water partition coefficient (Wildman–Crippen LogP) is 0.691. The number of benzene rings is 1. The summed E-state index contributed by atoms with van der Waals surface area (Å²) in [7, 11) is 3.69. The summed E-state index contributed by atoms with van der Waals surface area (Å²) in [5, 5.41) is 0.803. The van der Waals surface area contributed by atoms with E-state index in [-0.39, 0.29) is 0 Å². The monoisotopic (exact) mass is 246 g/mol. The highest BCUT2D eigenvalue weighted by atomic mass is 16.2. The fourth-order valence-electron chi connectivity index (χ4n) is 1.48. The fraction of sp³-hybridized carbons (Fsp3) is 0.182. The molecule has 2 amide bonds. The number of aromatic nitrogens is 2. The van der Waals surface area contributed by atoms with Gasteiger partial charge in [-0.15, -0.1) is 0 Å². The largest absolute Gasteiger partial charge is 0.350 e. The van der Waals surface area contributed by atoms with Gasteiger partial charge in [0.1, 0.15) is 0 Å². The maximum Gasteiger partial charge on any atom is 0.330 e. The first-order valence-electron chi connectivity index (χ1n) is 5.33. The van der Waals surface area contributed by atoms with Crippen molar-refractivity contribution in [3.8, 4) is 0 Å². The second-order valence-electron chi connectivity index (χ2n) is 3.90. The lowest BCUT2D eigenvalue weighted by molar-refractivity contribution is 0.250. The van der Waals surface area contributed by atoms with Crippen molar-refractivity contribution < 1.29 is 4.79 Å². The number of nitrogens with zero attached hydrogens (tertiary/aromatic N) is 3. The summed E-state index contributed by atoms with van der Waals surface area (Å²) in [4.78, 5) is 21.2. The maximum absolute atomic E-state index is 10.7. The molecule has 2 rings (SSSR count). The SMILES string of the molecule is CN(C)c1nc(NNC(N)=O)c2ccccc2n1. The van der Waals surface area contributed by atoms with Gasteiger partial charge in [0.2, 0.25) is 5.95 Å². The van der Waals surface area contributed by atoms with Crippen LogP contribution in [0.15, 0.2) is 24.3 Å². The van der Waals surface area contributed by atoms with E-state index < -0.39 is 6.03 Å². The van der Waals surface area contributed by atoms with Crippen LogP contribution in [0.25, 0.3) is 10.9 Å². The van der Waals surface area contributed by atoms with Gasteiger partial charge in [-0.25, -0.2) is 9.78 Å². The smallest absolute Gasteiger partial charge is 0.330 e. The van der Waals surface area contributed by atoms with E-state index in [4.69, 9.17) is 5.73 Å². The number of urea groups is 1. The molecule has 0 spiro atoms. The minimum absolute atomic E-state index is 0.503. The molecule has 18 heavy (non-hydrogen) atoms. The Hall–Kier alpha value is -2.57. The molecule has 0 fully saturated rings. The minimum atomic E-state index is -0.677. The molecule has 0 saturated heterocycles. The molecule has 0 aliphatic heterocycles.